The molecular weight excluding hydrogens is 1350 g/mol. The maximum Gasteiger partial charge on any atom is 0.488 e. The minimum absolute atomic E-state index is 0.0567. The Kier molecular flexibility index (Phi) is 37.8. The van der Waals surface area contributed by atoms with E-state index < -0.39 is 26.2 Å². The number of nitrogen functional groups attached to an aromatic ring is 1. The highest BCUT2D eigenvalue weighted by Crippen LogP contribution is 2.30. The summed E-state index contributed by atoms with van der Waals surface area (Å²) in [6, 6.07) is 15.8. The van der Waals surface area contributed by atoms with Crippen LogP contribution in [-0.2, 0) is 41.1 Å². The molecule has 95 heavy (non-hydrogen) atoms. The zero-order valence-corrected chi connectivity index (χ0v) is 62.8. The van der Waals surface area contributed by atoms with Gasteiger partial charge >= 0.3 is 21.1 Å². The summed E-state index contributed by atoms with van der Waals surface area (Å²) in [5.41, 5.74) is 18.5. The van der Waals surface area contributed by atoms with Crippen LogP contribution in [-0.4, -0.2) is 145 Å². The Bertz CT molecular complexity index is 3190. The number of ether oxygens (including phenoxy) is 1. The highest BCUT2D eigenvalue weighted by atomic mass is 79.9. The van der Waals surface area contributed by atoms with Crippen LogP contribution in [0.1, 0.15) is 121 Å². The third kappa shape index (κ3) is 31.6. The van der Waals surface area contributed by atoms with Gasteiger partial charge < -0.3 is 60.8 Å². The van der Waals surface area contributed by atoms with Crippen molar-refractivity contribution in [1.82, 2.24) is 50.4 Å². The average molecular weight is 1450 g/mol. The lowest BCUT2D eigenvalue weighted by Crippen LogP contribution is -2.56. The van der Waals surface area contributed by atoms with Crippen molar-refractivity contribution in [2.45, 2.75) is 135 Å². The maximum atomic E-state index is 12.1. The largest absolute Gasteiger partial charge is 0.488 e. The van der Waals surface area contributed by atoms with Gasteiger partial charge in [0.05, 0.1) is 79.9 Å². The molecule has 0 aliphatic carbocycles. The quantitative estimate of drug-likeness (QED) is 0.0153. The van der Waals surface area contributed by atoms with Crippen LogP contribution in [0.25, 0.3) is 11.1 Å². The second kappa shape index (κ2) is 42.7. The van der Waals surface area contributed by atoms with E-state index in [4.69, 9.17) is 68.1 Å². The number of nitrogens with zero attached hydrogens (tertiary/aromatic N) is 7. The maximum absolute atomic E-state index is 12.1. The second-order valence-corrected chi connectivity index (χ2v) is 35.6. The lowest BCUT2D eigenvalue weighted by Gasteiger charge is -2.38. The summed E-state index contributed by atoms with van der Waals surface area (Å²) in [6.07, 6.45) is 20.6. The number of nitrogens with one attached hydrogen (secondary N) is 4. The van der Waals surface area contributed by atoms with E-state index in [2.05, 4.69) is 146 Å². The van der Waals surface area contributed by atoms with E-state index in [1.807, 2.05) is 66.2 Å². The van der Waals surface area contributed by atoms with Gasteiger partial charge in [-0.15, -0.1) is 26.3 Å². The van der Waals surface area contributed by atoms with Gasteiger partial charge in [-0.25, -0.2) is 13.6 Å². The van der Waals surface area contributed by atoms with Gasteiger partial charge in [0.25, 0.3) is 0 Å². The van der Waals surface area contributed by atoms with Crippen molar-refractivity contribution in [3.63, 3.8) is 0 Å². The van der Waals surface area contributed by atoms with Gasteiger partial charge in [0.2, 0.25) is 0 Å². The van der Waals surface area contributed by atoms with Crippen LogP contribution in [0.5, 0.6) is 0 Å². The summed E-state index contributed by atoms with van der Waals surface area (Å²) in [5, 5.41) is 33.3. The Hall–Kier alpha value is -5.04. The summed E-state index contributed by atoms with van der Waals surface area (Å²) in [5.74, 6) is 0.611. The number of rotatable bonds is 25. The fourth-order valence-electron chi connectivity index (χ4n) is 8.56. The normalized spacial score (nSPS) is 16.4. The van der Waals surface area contributed by atoms with E-state index in [1.165, 1.54) is 0 Å². The lowest BCUT2D eigenvalue weighted by atomic mass is 9.47. The van der Waals surface area contributed by atoms with Gasteiger partial charge in [0, 0.05) is 104 Å². The number of halogens is 3. The molecule has 3 aliphatic rings. The van der Waals surface area contributed by atoms with Gasteiger partial charge in [0.1, 0.15) is 12.5 Å². The molecule has 0 radical (unpaired) electrons. The number of hydrogen-bond donors (Lipinski definition) is 8. The number of anilines is 1. The van der Waals surface area contributed by atoms with Crippen molar-refractivity contribution in [1.29, 1.82) is 0 Å². The van der Waals surface area contributed by atoms with Gasteiger partial charge in [0.15, 0.2) is 0 Å². The van der Waals surface area contributed by atoms with Crippen LogP contribution >= 0.6 is 39.1 Å². The molecule has 5 atom stereocenters. The van der Waals surface area contributed by atoms with Crippen molar-refractivity contribution < 1.29 is 37.6 Å². The van der Waals surface area contributed by atoms with Crippen molar-refractivity contribution in [2.24, 2.45) is 21.6 Å². The molecule has 520 valence electrons. The van der Waals surface area contributed by atoms with E-state index in [9.17, 15) is 4.21 Å². The summed E-state index contributed by atoms with van der Waals surface area (Å²) in [7, 11) is 1.21. The first kappa shape index (κ1) is 84.2. The molecule has 2 saturated heterocycles. The molecule has 21 nitrogen and oxygen atoms in total. The standard InChI is InChI=1S/C19H31N5OSi.C13H19ClN2OS.C10H20B2O4.C10H15BN2O2.C10H13ClN2.C4H5BrN2/c1-6-7-17(21-2)18-12-15(8-9-22-18)16-13-23-24(19(16)20)14-25-10-11-26(3,4)5;1-5-6-11(16-18(17)13(2,3)4)12-9-10(14)7-8-15-12;1-9(2)5-13-11(14-6-9)12-15-7-10(3,4)8-16-12;1-3-4-9(12-2)10-7-8(11(14)15)5-6-13-10;1-3-4-9(12-2)10-7-8(11)5-6-13-10;5-3-1-7-2-4(3)6/h6,8-9,12-13,17,21H,1,7,10-11,14,20H2,2-5H3;5,7-9,11,16H,1,6H2,2-4H3;5-8H2,1-4H3;3,5-7,9,12,14-15H,1,4H2,2H3;3,5-7,9,12H,1,4H2,2H3;1H,2,6H2/t17-;11-,18?;;2*9-;/m00.00./s1. The Morgan fingerprint density at radius 3 is 1.53 bits per heavy atom. The highest BCUT2D eigenvalue weighted by Gasteiger charge is 2.47. The third-order valence-corrected chi connectivity index (χ3v) is 18.7. The van der Waals surface area contributed by atoms with Gasteiger partial charge in [-0.3, -0.25) is 24.9 Å². The van der Waals surface area contributed by atoms with Crippen LogP contribution in [0.15, 0.2) is 145 Å². The van der Waals surface area contributed by atoms with E-state index in [1.54, 1.807) is 84.4 Å². The van der Waals surface area contributed by atoms with E-state index in [0.717, 1.165) is 76.0 Å². The number of hydrogen-bond acceptors (Lipinski definition) is 19. The zero-order valence-electron chi connectivity index (χ0n) is 57.9. The first-order chi connectivity index (χ1) is 44.8. The molecule has 0 amide bonds. The first-order valence-corrected chi connectivity index (χ1v) is 37.9. The Labute approximate surface area is 588 Å². The molecule has 3 aliphatic heterocycles. The Morgan fingerprint density at radius 2 is 1.15 bits per heavy atom. The number of aliphatic imine (C=N–C) groups is 1. The predicted octanol–water partition coefficient (Wildman–Crippen LogP) is 11.1. The molecule has 5 aromatic heterocycles. The molecule has 0 saturated carbocycles. The smallest absolute Gasteiger partial charge is 0.423 e. The van der Waals surface area contributed by atoms with Gasteiger partial charge in [-0.2, -0.15) is 5.10 Å². The number of aromatic nitrogens is 6. The van der Waals surface area contributed by atoms with E-state index >= 15 is 0 Å². The number of nitrogens with two attached hydrogens (primary N) is 2. The molecule has 10 N–H and O–H groups in total. The van der Waals surface area contributed by atoms with Crippen LogP contribution < -0.4 is 37.6 Å². The van der Waals surface area contributed by atoms with Crippen molar-refractivity contribution in [3.8, 4) is 11.1 Å². The fourth-order valence-corrected chi connectivity index (χ4v) is 10.8. The molecular formula is C66H103B3BrCl2N13O8SSi. The summed E-state index contributed by atoms with van der Waals surface area (Å²) in [6.45, 7) is 40.7. The summed E-state index contributed by atoms with van der Waals surface area (Å²) < 4.78 is 45.8. The van der Waals surface area contributed by atoms with Crippen molar-refractivity contribution in [3.05, 3.63) is 173 Å². The van der Waals surface area contributed by atoms with Crippen molar-refractivity contribution >= 4 is 96.8 Å². The molecule has 29 heteroatoms. The summed E-state index contributed by atoms with van der Waals surface area (Å²) in [4.78, 5) is 21.0. The molecule has 8 rings (SSSR count). The molecule has 5 aromatic rings. The van der Waals surface area contributed by atoms with E-state index in [-0.39, 0.29) is 53.8 Å². The topological polar surface area (TPSA) is 286 Å². The van der Waals surface area contributed by atoms with Crippen LogP contribution in [0, 0.1) is 10.8 Å². The van der Waals surface area contributed by atoms with E-state index in [0.29, 0.717) is 67.4 Å². The molecule has 0 aromatic carbocycles. The van der Waals surface area contributed by atoms with Crippen LogP contribution in [0.2, 0.25) is 35.7 Å². The lowest BCUT2D eigenvalue weighted by molar-refractivity contribution is 0.00624. The minimum atomic E-state index is -1.45. The third-order valence-electron chi connectivity index (χ3n) is 14.2. The molecule has 2 fully saturated rings. The van der Waals surface area contributed by atoms with Gasteiger partial charge in [-0.05, 0) is 149 Å². The SMILES string of the molecule is C=CC[C@H](NC)c1cc(-c2cnn(COCC[Si](C)(C)C)c2N)ccn1.C=CC[C@H](NC)c1cc(B(O)O)ccn1.C=CC[C@H](NC)c1cc(Cl)ccn1.C=CC[C@H](NS(=O)C(C)(C)C)c1cc(Cl)ccn1.CC1(C)COB(B2OCC(C)(C)CO2)OC1.NC1=C(Br)C=NC1. The average Bonchev–Trinajstić information content (AvgIpc) is 1.79. The highest BCUT2D eigenvalue weighted by molar-refractivity contribution is 9.12. The first-order valence-electron chi connectivity index (χ1n) is 31.5. The molecule has 8 heterocycles. The summed E-state index contributed by atoms with van der Waals surface area (Å²) >= 11 is 15.0. The minimum Gasteiger partial charge on any atom is -0.423 e. The Morgan fingerprint density at radius 1 is 0.726 bits per heavy atom. The second-order valence-electron chi connectivity index (χ2n) is 26.3. The molecule has 1 unspecified atom stereocenters. The predicted molar refractivity (Wildman–Crippen MR) is 401 cm³/mol. The zero-order chi connectivity index (χ0) is 70.9. The van der Waals surface area contributed by atoms with Crippen LogP contribution in [0.3, 0.4) is 0 Å². The number of allylic oxidation sites excluding steroid dienone is 1. The monoisotopic (exact) mass is 1450 g/mol. The molecule has 0 spiro atoms. The number of pyridine rings is 4. The molecule has 0 bridgehead atoms. The van der Waals surface area contributed by atoms with Gasteiger partial charge in [-0.1, -0.05) is 94.8 Å². The van der Waals surface area contributed by atoms with Crippen LogP contribution in [0.4, 0.5) is 5.82 Å². The van der Waals surface area contributed by atoms with Crippen molar-refractivity contribution in [2.75, 3.05) is 66.5 Å². The Balaban J connectivity index is 0.000000307. The fraction of sp³-hybridized carbons (Fsp3) is 0.485.